The standard InChI is InChI=1S/C20H31ClN4O3/c1-22-20(23-7-4-12-28-14-13-27-2)25-10-8-24(9-11-25)19(26)16-17-5-3-6-18(21)15-17/h3,5-6,15H,4,7-14,16H2,1-2H3,(H,22,23). The summed E-state index contributed by atoms with van der Waals surface area (Å²) < 4.78 is 10.4. The van der Waals surface area contributed by atoms with Crippen LogP contribution in [0.2, 0.25) is 5.02 Å². The average Bonchev–Trinajstić information content (AvgIpc) is 2.70. The van der Waals surface area contributed by atoms with Gasteiger partial charge in [-0.25, -0.2) is 0 Å². The van der Waals surface area contributed by atoms with Gasteiger partial charge in [-0.2, -0.15) is 0 Å². The zero-order valence-corrected chi connectivity index (χ0v) is 17.6. The minimum Gasteiger partial charge on any atom is -0.382 e. The Morgan fingerprint density at radius 1 is 1.18 bits per heavy atom. The normalized spacial score (nSPS) is 15.0. The Kier molecular flexibility index (Phi) is 10.1. The van der Waals surface area contributed by atoms with E-state index in [2.05, 4.69) is 15.2 Å². The van der Waals surface area contributed by atoms with Crippen LogP contribution in [-0.4, -0.2) is 88.4 Å². The highest BCUT2D eigenvalue weighted by molar-refractivity contribution is 6.30. The Balaban J connectivity index is 1.68. The summed E-state index contributed by atoms with van der Waals surface area (Å²) in [6.07, 6.45) is 1.29. The number of rotatable bonds is 9. The molecule has 1 fully saturated rings. The molecule has 0 aliphatic carbocycles. The monoisotopic (exact) mass is 410 g/mol. The van der Waals surface area contributed by atoms with E-state index in [0.29, 0.717) is 44.4 Å². The Labute approximate surface area is 172 Å². The van der Waals surface area contributed by atoms with Crippen LogP contribution in [0, 0.1) is 0 Å². The van der Waals surface area contributed by atoms with Crippen LogP contribution in [-0.2, 0) is 20.7 Å². The zero-order chi connectivity index (χ0) is 20.2. The van der Waals surface area contributed by atoms with Gasteiger partial charge in [-0.15, -0.1) is 0 Å². The second-order valence-electron chi connectivity index (χ2n) is 6.61. The summed E-state index contributed by atoms with van der Waals surface area (Å²) in [7, 11) is 3.45. The van der Waals surface area contributed by atoms with Gasteiger partial charge in [0.2, 0.25) is 5.91 Å². The molecule has 8 heteroatoms. The topological polar surface area (TPSA) is 66.4 Å². The molecular weight excluding hydrogens is 380 g/mol. The summed E-state index contributed by atoms with van der Waals surface area (Å²) >= 11 is 6.00. The van der Waals surface area contributed by atoms with Gasteiger partial charge in [-0.05, 0) is 24.1 Å². The molecule has 1 saturated heterocycles. The van der Waals surface area contributed by atoms with Gasteiger partial charge in [0, 0.05) is 58.5 Å². The quantitative estimate of drug-likeness (QED) is 0.381. The third-order valence-electron chi connectivity index (χ3n) is 4.57. The van der Waals surface area contributed by atoms with E-state index in [1.165, 1.54) is 0 Å². The van der Waals surface area contributed by atoms with Gasteiger partial charge in [0.25, 0.3) is 0 Å². The number of piperazine rings is 1. The molecular formula is C20H31ClN4O3. The molecule has 1 aromatic carbocycles. The third kappa shape index (κ3) is 7.66. The summed E-state index contributed by atoms with van der Waals surface area (Å²) in [6, 6.07) is 7.48. The van der Waals surface area contributed by atoms with Crippen LogP contribution >= 0.6 is 11.6 Å². The van der Waals surface area contributed by atoms with Crippen molar-refractivity contribution >= 4 is 23.5 Å². The fraction of sp³-hybridized carbons (Fsp3) is 0.600. The van der Waals surface area contributed by atoms with E-state index in [1.54, 1.807) is 14.2 Å². The number of hydrogen-bond acceptors (Lipinski definition) is 4. The van der Waals surface area contributed by atoms with Crippen molar-refractivity contribution in [3.8, 4) is 0 Å². The molecule has 7 nitrogen and oxygen atoms in total. The molecule has 2 rings (SSSR count). The molecule has 0 spiro atoms. The number of amides is 1. The highest BCUT2D eigenvalue weighted by Crippen LogP contribution is 2.13. The van der Waals surface area contributed by atoms with Crippen molar-refractivity contribution < 1.29 is 14.3 Å². The van der Waals surface area contributed by atoms with Gasteiger partial charge < -0.3 is 24.6 Å². The fourth-order valence-electron chi connectivity index (χ4n) is 3.05. The number of ether oxygens (including phenoxy) is 2. The minimum absolute atomic E-state index is 0.137. The van der Waals surface area contributed by atoms with Crippen LogP contribution in [0.15, 0.2) is 29.3 Å². The smallest absolute Gasteiger partial charge is 0.227 e. The predicted octanol–water partition coefficient (Wildman–Crippen LogP) is 1.66. The highest BCUT2D eigenvalue weighted by atomic mass is 35.5. The Morgan fingerprint density at radius 3 is 2.61 bits per heavy atom. The van der Waals surface area contributed by atoms with Crippen molar-refractivity contribution in [2.45, 2.75) is 12.8 Å². The molecule has 0 unspecified atom stereocenters. The average molecular weight is 411 g/mol. The summed E-state index contributed by atoms with van der Waals surface area (Å²) in [6.45, 7) is 5.66. The second-order valence-corrected chi connectivity index (χ2v) is 7.04. The number of halogens is 1. The lowest BCUT2D eigenvalue weighted by Gasteiger charge is -2.36. The van der Waals surface area contributed by atoms with E-state index < -0.39 is 0 Å². The first-order valence-corrected chi connectivity index (χ1v) is 10.1. The largest absolute Gasteiger partial charge is 0.382 e. The Hall–Kier alpha value is -1.83. The van der Waals surface area contributed by atoms with Crippen molar-refractivity contribution in [3.05, 3.63) is 34.9 Å². The van der Waals surface area contributed by atoms with Gasteiger partial charge in [-0.3, -0.25) is 9.79 Å². The van der Waals surface area contributed by atoms with Crippen molar-refractivity contribution in [1.29, 1.82) is 0 Å². The lowest BCUT2D eigenvalue weighted by atomic mass is 10.1. The molecule has 156 valence electrons. The Bertz CT molecular complexity index is 634. The van der Waals surface area contributed by atoms with Crippen LogP contribution in [0.3, 0.4) is 0 Å². The third-order valence-corrected chi connectivity index (χ3v) is 4.80. The van der Waals surface area contributed by atoms with Crippen LogP contribution < -0.4 is 5.32 Å². The van der Waals surface area contributed by atoms with E-state index in [-0.39, 0.29) is 5.91 Å². The number of methoxy groups -OCH3 is 1. The number of benzene rings is 1. The van der Waals surface area contributed by atoms with E-state index >= 15 is 0 Å². The van der Waals surface area contributed by atoms with E-state index in [0.717, 1.165) is 37.6 Å². The molecule has 1 heterocycles. The van der Waals surface area contributed by atoms with Crippen LogP contribution in [0.25, 0.3) is 0 Å². The van der Waals surface area contributed by atoms with E-state index in [1.807, 2.05) is 29.2 Å². The maximum absolute atomic E-state index is 12.5. The van der Waals surface area contributed by atoms with Gasteiger partial charge in [-0.1, -0.05) is 23.7 Å². The van der Waals surface area contributed by atoms with Crippen molar-refractivity contribution in [2.75, 3.05) is 66.7 Å². The predicted molar refractivity (Wildman–Crippen MR) is 112 cm³/mol. The SMILES string of the molecule is CN=C(NCCCOCCOC)N1CCN(C(=O)Cc2cccc(Cl)c2)CC1. The second kappa shape index (κ2) is 12.6. The maximum atomic E-state index is 12.5. The van der Waals surface area contributed by atoms with Crippen molar-refractivity contribution in [3.63, 3.8) is 0 Å². The number of carbonyl (C=O) groups excluding carboxylic acids is 1. The molecule has 0 aromatic heterocycles. The van der Waals surface area contributed by atoms with E-state index in [9.17, 15) is 4.79 Å². The van der Waals surface area contributed by atoms with E-state index in [4.69, 9.17) is 21.1 Å². The van der Waals surface area contributed by atoms with Crippen LogP contribution in [0.1, 0.15) is 12.0 Å². The first-order chi connectivity index (χ1) is 13.6. The molecule has 28 heavy (non-hydrogen) atoms. The zero-order valence-electron chi connectivity index (χ0n) is 16.8. The lowest BCUT2D eigenvalue weighted by molar-refractivity contribution is -0.131. The van der Waals surface area contributed by atoms with Crippen LogP contribution in [0.5, 0.6) is 0 Å². The molecule has 0 atom stereocenters. The lowest BCUT2D eigenvalue weighted by Crippen LogP contribution is -2.54. The molecule has 1 aliphatic rings. The molecule has 0 bridgehead atoms. The number of hydrogen-bond donors (Lipinski definition) is 1. The number of carbonyl (C=O) groups is 1. The van der Waals surface area contributed by atoms with Gasteiger partial charge >= 0.3 is 0 Å². The van der Waals surface area contributed by atoms with Gasteiger partial charge in [0.15, 0.2) is 5.96 Å². The molecule has 1 aromatic rings. The summed E-state index contributed by atoms with van der Waals surface area (Å²) in [5, 5.41) is 4.03. The molecule has 0 saturated carbocycles. The fourth-order valence-corrected chi connectivity index (χ4v) is 3.26. The summed E-state index contributed by atoms with van der Waals surface area (Å²) in [4.78, 5) is 21.0. The van der Waals surface area contributed by atoms with Crippen molar-refractivity contribution in [1.82, 2.24) is 15.1 Å². The van der Waals surface area contributed by atoms with Crippen molar-refractivity contribution in [2.24, 2.45) is 4.99 Å². The van der Waals surface area contributed by atoms with Crippen LogP contribution in [0.4, 0.5) is 0 Å². The number of guanidine groups is 1. The van der Waals surface area contributed by atoms with Gasteiger partial charge in [0.05, 0.1) is 19.6 Å². The first-order valence-electron chi connectivity index (χ1n) is 9.68. The highest BCUT2D eigenvalue weighted by Gasteiger charge is 2.22. The maximum Gasteiger partial charge on any atom is 0.227 e. The summed E-state index contributed by atoms with van der Waals surface area (Å²) in [5.41, 5.74) is 0.949. The minimum atomic E-state index is 0.137. The molecule has 0 radical (unpaired) electrons. The summed E-state index contributed by atoms with van der Waals surface area (Å²) in [5.74, 6) is 1.01. The van der Waals surface area contributed by atoms with Gasteiger partial charge in [0.1, 0.15) is 0 Å². The number of aliphatic imine (C=N–C) groups is 1. The Morgan fingerprint density at radius 2 is 1.93 bits per heavy atom. The molecule has 1 N–H and O–H groups in total. The molecule has 1 aliphatic heterocycles. The molecule has 1 amide bonds. The first kappa shape index (κ1) is 22.5. The number of nitrogens with one attached hydrogen (secondary N) is 1. The number of nitrogens with zero attached hydrogens (tertiary/aromatic N) is 3.